The van der Waals surface area contributed by atoms with Crippen LogP contribution in [0.5, 0.6) is 0 Å². The third-order valence-electron chi connectivity index (χ3n) is 4.89. The van der Waals surface area contributed by atoms with Gasteiger partial charge in [0, 0.05) is 11.3 Å². The Labute approximate surface area is 197 Å². The standard InChI is InChI=1S/C26H28FNO4S/c1-6-9-21-22(33-23(28-21)25(30)31-5)15-17-13-12-16(14-20(17)27)18-10-7-8-11-19(18)24(29)32-26(2,3)4/h7-8,10-14H,6,9,15H2,1-5H3. The number of rotatable bonds is 7. The minimum Gasteiger partial charge on any atom is -0.464 e. The lowest BCUT2D eigenvalue weighted by molar-refractivity contribution is 0.00702. The molecule has 0 fully saturated rings. The van der Waals surface area contributed by atoms with Crippen LogP contribution in [-0.4, -0.2) is 29.6 Å². The number of hydrogen-bond acceptors (Lipinski definition) is 6. The summed E-state index contributed by atoms with van der Waals surface area (Å²) in [6, 6.07) is 12.0. The molecule has 7 heteroatoms. The Balaban J connectivity index is 1.92. The largest absolute Gasteiger partial charge is 0.464 e. The van der Waals surface area contributed by atoms with Crippen molar-refractivity contribution in [3.05, 3.63) is 75.0 Å². The van der Waals surface area contributed by atoms with Crippen LogP contribution < -0.4 is 0 Å². The van der Waals surface area contributed by atoms with Crippen LogP contribution in [0.25, 0.3) is 11.1 Å². The van der Waals surface area contributed by atoms with Crippen molar-refractivity contribution in [2.24, 2.45) is 0 Å². The zero-order valence-corrected chi connectivity index (χ0v) is 20.3. The molecular weight excluding hydrogens is 441 g/mol. The van der Waals surface area contributed by atoms with Gasteiger partial charge in [-0.25, -0.2) is 19.0 Å². The third-order valence-corrected chi connectivity index (χ3v) is 5.96. The molecule has 33 heavy (non-hydrogen) atoms. The Bertz CT molecular complexity index is 1160. The molecular formula is C26H28FNO4S. The molecule has 0 aliphatic heterocycles. The van der Waals surface area contributed by atoms with Crippen LogP contribution in [0.4, 0.5) is 4.39 Å². The second-order valence-corrected chi connectivity index (χ2v) is 9.74. The molecule has 0 amide bonds. The van der Waals surface area contributed by atoms with E-state index in [-0.39, 0.29) is 10.8 Å². The van der Waals surface area contributed by atoms with Crippen LogP contribution in [0, 0.1) is 5.82 Å². The molecule has 2 aromatic carbocycles. The van der Waals surface area contributed by atoms with Gasteiger partial charge in [-0.1, -0.05) is 43.7 Å². The molecule has 0 bridgehead atoms. The van der Waals surface area contributed by atoms with Crippen LogP contribution in [0.2, 0.25) is 0 Å². The second kappa shape index (κ2) is 10.3. The zero-order valence-electron chi connectivity index (χ0n) is 19.5. The van der Waals surface area contributed by atoms with Crippen LogP contribution in [0.15, 0.2) is 42.5 Å². The van der Waals surface area contributed by atoms with E-state index in [2.05, 4.69) is 4.98 Å². The lowest BCUT2D eigenvalue weighted by Crippen LogP contribution is -2.24. The molecule has 0 saturated carbocycles. The number of esters is 2. The first-order valence-corrected chi connectivity index (χ1v) is 11.6. The number of thiazole rings is 1. The number of methoxy groups -OCH3 is 1. The first-order chi connectivity index (χ1) is 15.6. The van der Waals surface area contributed by atoms with Gasteiger partial charge in [0.25, 0.3) is 0 Å². The molecule has 5 nitrogen and oxygen atoms in total. The molecule has 0 aliphatic rings. The normalized spacial score (nSPS) is 11.3. The molecule has 1 aromatic heterocycles. The maximum atomic E-state index is 15.2. The fourth-order valence-corrected chi connectivity index (χ4v) is 4.45. The first-order valence-electron chi connectivity index (χ1n) is 10.8. The van der Waals surface area contributed by atoms with Gasteiger partial charge in [0.05, 0.1) is 18.4 Å². The Kier molecular flexibility index (Phi) is 7.64. The van der Waals surface area contributed by atoms with Gasteiger partial charge in [0.1, 0.15) is 11.4 Å². The highest BCUT2D eigenvalue weighted by molar-refractivity contribution is 7.13. The van der Waals surface area contributed by atoms with E-state index in [0.717, 1.165) is 17.0 Å². The van der Waals surface area contributed by atoms with E-state index < -0.39 is 17.5 Å². The van der Waals surface area contributed by atoms with Crippen molar-refractivity contribution in [3.8, 4) is 11.1 Å². The predicted molar refractivity (Wildman–Crippen MR) is 127 cm³/mol. The smallest absolute Gasteiger partial charge is 0.367 e. The zero-order chi connectivity index (χ0) is 24.2. The van der Waals surface area contributed by atoms with Gasteiger partial charge in [-0.05, 0) is 56.0 Å². The summed E-state index contributed by atoms with van der Waals surface area (Å²) in [5.74, 6) is -1.33. The van der Waals surface area contributed by atoms with Crippen LogP contribution >= 0.6 is 11.3 Å². The first kappa shape index (κ1) is 24.6. The number of halogens is 1. The topological polar surface area (TPSA) is 65.5 Å². The molecule has 3 rings (SSSR count). The van der Waals surface area contributed by atoms with E-state index in [4.69, 9.17) is 9.47 Å². The Morgan fingerprint density at radius 1 is 1.09 bits per heavy atom. The Hall–Kier alpha value is -3.06. The molecule has 0 unspecified atom stereocenters. The molecule has 3 aromatic rings. The van der Waals surface area contributed by atoms with Crippen LogP contribution in [0.1, 0.15) is 70.4 Å². The van der Waals surface area contributed by atoms with E-state index in [1.165, 1.54) is 24.5 Å². The summed E-state index contributed by atoms with van der Waals surface area (Å²) in [5.41, 5.74) is 2.23. The number of nitrogens with zero attached hydrogens (tertiary/aromatic N) is 1. The minimum atomic E-state index is -0.632. The maximum absolute atomic E-state index is 15.2. The number of aryl methyl sites for hydroxylation is 1. The molecule has 0 aliphatic carbocycles. The number of carbonyl (C=O) groups excluding carboxylic acids is 2. The molecule has 0 spiro atoms. The van der Waals surface area contributed by atoms with Gasteiger partial charge < -0.3 is 9.47 Å². The maximum Gasteiger partial charge on any atom is 0.367 e. The van der Waals surface area contributed by atoms with Crippen molar-refractivity contribution in [1.82, 2.24) is 4.98 Å². The summed E-state index contributed by atoms with van der Waals surface area (Å²) in [4.78, 5) is 29.8. The minimum absolute atomic E-state index is 0.277. The number of hydrogen-bond donors (Lipinski definition) is 0. The monoisotopic (exact) mass is 469 g/mol. The number of aromatic nitrogens is 1. The molecule has 0 radical (unpaired) electrons. The van der Waals surface area contributed by atoms with Gasteiger partial charge >= 0.3 is 11.9 Å². The molecule has 1 heterocycles. The van der Waals surface area contributed by atoms with E-state index in [0.29, 0.717) is 35.1 Å². The molecule has 0 atom stereocenters. The summed E-state index contributed by atoms with van der Waals surface area (Å²) in [7, 11) is 1.32. The quantitative estimate of drug-likeness (QED) is 0.384. The number of benzene rings is 2. The fourth-order valence-electron chi connectivity index (χ4n) is 3.41. The van der Waals surface area contributed by atoms with Gasteiger partial charge in [0.2, 0.25) is 5.01 Å². The van der Waals surface area contributed by atoms with Crippen molar-refractivity contribution in [2.45, 2.75) is 52.6 Å². The number of ether oxygens (including phenoxy) is 2. The lowest BCUT2D eigenvalue weighted by atomic mass is 9.97. The average Bonchev–Trinajstić information content (AvgIpc) is 3.16. The molecule has 174 valence electrons. The highest BCUT2D eigenvalue weighted by Crippen LogP contribution is 2.30. The highest BCUT2D eigenvalue weighted by atomic mass is 32.1. The van der Waals surface area contributed by atoms with E-state index >= 15 is 4.39 Å². The van der Waals surface area contributed by atoms with Gasteiger partial charge in [0.15, 0.2) is 0 Å². The van der Waals surface area contributed by atoms with Crippen molar-refractivity contribution in [1.29, 1.82) is 0 Å². The van der Waals surface area contributed by atoms with Crippen molar-refractivity contribution < 1.29 is 23.5 Å². The highest BCUT2D eigenvalue weighted by Gasteiger charge is 2.22. The second-order valence-electron chi connectivity index (χ2n) is 8.66. The Morgan fingerprint density at radius 2 is 1.82 bits per heavy atom. The molecule has 0 N–H and O–H groups in total. The van der Waals surface area contributed by atoms with Crippen molar-refractivity contribution >= 4 is 23.3 Å². The summed E-state index contributed by atoms with van der Waals surface area (Å²) in [6.45, 7) is 7.44. The number of carbonyl (C=O) groups is 2. The van der Waals surface area contributed by atoms with Gasteiger partial charge in [-0.3, -0.25) is 0 Å². The van der Waals surface area contributed by atoms with E-state index in [9.17, 15) is 9.59 Å². The van der Waals surface area contributed by atoms with Crippen molar-refractivity contribution in [3.63, 3.8) is 0 Å². The lowest BCUT2D eigenvalue weighted by Gasteiger charge is -2.20. The van der Waals surface area contributed by atoms with Crippen LogP contribution in [-0.2, 0) is 22.3 Å². The average molecular weight is 470 g/mol. The summed E-state index contributed by atoms with van der Waals surface area (Å²) in [5, 5.41) is 0.277. The van der Waals surface area contributed by atoms with Gasteiger partial charge in [-0.15, -0.1) is 11.3 Å². The summed E-state index contributed by atoms with van der Waals surface area (Å²) >= 11 is 1.23. The Morgan fingerprint density at radius 3 is 2.45 bits per heavy atom. The summed E-state index contributed by atoms with van der Waals surface area (Å²) in [6.07, 6.45) is 1.88. The fraction of sp³-hybridized carbons (Fsp3) is 0.346. The predicted octanol–water partition coefficient (Wildman–Crippen LogP) is 6.23. The van der Waals surface area contributed by atoms with E-state index in [1.54, 1.807) is 57.2 Å². The third kappa shape index (κ3) is 6.05. The SMILES string of the molecule is CCCc1nc(C(=O)OC)sc1Cc1ccc(-c2ccccc2C(=O)OC(C)(C)C)cc1F. The summed E-state index contributed by atoms with van der Waals surface area (Å²) < 4.78 is 25.4. The molecule has 0 saturated heterocycles. The van der Waals surface area contributed by atoms with Crippen molar-refractivity contribution in [2.75, 3.05) is 7.11 Å². The van der Waals surface area contributed by atoms with Gasteiger partial charge in [-0.2, -0.15) is 0 Å². The van der Waals surface area contributed by atoms with Crippen LogP contribution in [0.3, 0.4) is 0 Å². The van der Waals surface area contributed by atoms with E-state index in [1.807, 2.05) is 6.92 Å².